The molecule has 0 spiro atoms. The molecule has 8 heteroatoms. The highest BCUT2D eigenvalue weighted by molar-refractivity contribution is 5.95. The summed E-state index contributed by atoms with van der Waals surface area (Å²) >= 11 is 0. The van der Waals surface area contributed by atoms with E-state index in [9.17, 15) is 4.79 Å². The molecule has 3 aromatic heterocycles. The van der Waals surface area contributed by atoms with E-state index >= 15 is 0 Å². The second-order valence-electron chi connectivity index (χ2n) is 6.18. The fourth-order valence-electron chi connectivity index (χ4n) is 3.06. The Labute approximate surface area is 150 Å². The average Bonchev–Trinajstić information content (AvgIpc) is 3.35. The van der Waals surface area contributed by atoms with E-state index in [0.717, 1.165) is 31.4 Å². The maximum Gasteiger partial charge on any atom is 0.321 e. The van der Waals surface area contributed by atoms with Gasteiger partial charge in [0.1, 0.15) is 0 Å². The van der Waals surface area contributed by atoms with E-state index in [2.05, 4.69) is 25.2 Å². The molecule has 0 aliphatic carbocycles. The number of aromatic nitrogens is 4. The highest BCUT2D eigenvalue weighted by Gasteiger charge is 2.18. The maximum absolute atomic E-state index is 12.4. The van der Waals surface area contributed by atoms with Crippen LogP contribution in [0, 0.1) is 0 Å². The minimum atomic E-state index is -0.171. The van der Waals surface area contributed by atoms with Gasteiger partial charge in [0, 0.05) is 31.0 Å². The van der Waals surface area contributed by atoms with Crippen LogP contribution in [0.1, 0.15) is 29.0 Å². The standard InChI is InChI=1S/C18H20N6O2/c1-26-18-21-15(20-17(22-18)23-7-4-5-8-23)11-19-16(25)13-10-14-6-2-3-9-24(14)12-13/h2-3,6,9-10,12H,4-5,7-8,11H2,1H3,(H,19,25). The molecule has 4 rings (SSSR count). The summed E-state index contributed by atoms with van der Waals surface area (Å²) in [6.45, 7) is 2.07. The van der Waals surface area contributed by atoms with Crippen molar-refractivity contribution in [2.24, 2.45) is 0 Å². The molecule has 0 bridgehead atoms. The van der Waals surface area contributed by atoms with Gasteiger partial charge in [0.2, 0.25) is 5.95 Å². The van der Waals surface area contributed by atoms with E-state index in [1.165, 1.54) is 7.11 Å². The smallest absolute Gasteiger partial charge is 0.321 e. The summed E-state index contributed by atoms with van der Waals surface area (Å²) in [5.41, 5.74) is 1.56. The lowest BCUT2D eigenvalue weighted by atomic mass is 10.3. The largest absolute Gasteiger partial charge is 0.467 e. The van der Waals surface area contributed by atoms with Crippen LogP contribution in [0.2, 0.25) is 0 Å². The molecule has 0 unspecified atom stereocenters. The Morgan fingerprint density at radius 3 is 2.85 bits per heavy atom. The van der Waals surface area contributed by atoms with Gasteiger partial charge >= 0.3 is 6.01 Å². The molecule has 1 amide bonds. The van der Waals surface area contributed by atoms with Crippen LogP contribution in [0.3, 0.4) is 0 Å². The third-order valence-corrected chi connectivity index (χ3v) is 4.39. The minimum Gasteiger partial charge on any atom is -0.467 e. The van der Waals surface area contributed by atoms with E-state index in [-0.39, 0.29) is 18.5 Å². The molecular weight excluding hydrogens is 332 g/mol. The number of hydrogen-bond donors (Lipinski definition) is 1. The van der Waals surface area contributed by atoms with Crippen LogP contribution in [0.15, 0.2) is 36.7 Å². The Bertz CT molecular complexity index is 899. The van der Waals surface area contributed by atoms with Crippen molar-refractivity contribution in [1.82, 2.24) is 24.7 Å². The van der Waals surface area contributed by atoms with Gasteiger partial charge in [0.15, 0.2) is 5.82 Å². The van der Waals surface area contributed by atoms with Gasteiger partial charge in [-0.2, -0.15) is 15.0 Å². The fraction of sp³-hybridized carbons (Fsp3) is 0.333. The molecule has 0 atom stereocenters. The van der Waals surface area contributed by atoms with Gasteiger partial charge < -0.3 is 19.4 Å². The number of fused-ring (bicyclic) bond motifs is 1. The normalized spacial score (nSPS) is 14.0. The molecule has 0 radical (unpaired) electrons. The van der Waals surface area contributed by atoms with Crippen LogP contribution in [0.5, 0.6) is 6.01 Å². The molecule has 1 N–H and O–H groups in total. The Hall–Kier alpha value is -3.16. The summed E-state index contributed by atoms with van der Waals surface area (Å²) in [7, 11) is 1.53. The topological polar surface area (TPSA) is 84.6 Å². The van der Waals surface area contributed by atoms with Gasteiger partial charge in [-0.1, -0.05) is 6.07 Å². The number of nitrogens with one attached hydrogen (secondary N) is 1. The zero-order chi connectivity index (χ0) is 17.9. The first-order valence-corrected chi connectivity index (χ1v) is 8.62. The molecule has 1 fully saturated rings. The summed E-state index contributed by atoms with van der Waals surface area (Å²) in [5, 5.41) is 2.87. The zero-order valence-corrected chi connectivity index (χ0v) is 14.6. The van der Waals surface area contributed by atoms with Crippen LogP contribution in [0.4, 0.5) is 5.95 Å². The number of carbonyl (C=O) groups is 1. The summed E-state index contributed by atoms with van der Waals surface area (Å²) in [5.74, 6) is 0.917. The number of pyridine rings is 1. The van der Waals surface area contributed by atoms with E-state index in [1.54, 1.807) is 6.20 Å². The monoisotopic (exact) mass is 352 g/mol. The van der Waals surface area contributed by atoms with E-state index < -0.39 is 0 Å². The number of carbonyl (C=O) groups excluding carboxylic acids is 1. The SMILES string of the molecule is COc1nc(CNC(=O)c2cc3ccccn3c2)nc(N2CCCC2)n1. The lowest BCUT2D eigenvalue weighted by Gasteiger charge is -2.16. The number of nitrogens with zero attached hydrogens (tertiary/aromatic N) is 5. The summed E-state index contributed by atoms with van der Waals surface area (Å²) in [6.07, 6.45) is 5.96. The lowest BCUT2D eigenvalue weighted by Crippen LogP contribution is -2.26. The lowest BCUT2D eigenvalue weighted by molar-refractivity contribution is 0.0950. The van der Waals surface area contributed by atoms with Gasteiger partial charge in [-0.15, -0.1) is 0 Å². The van der Waals surface area contributed by atoms with Gasteiger partial charge in [-0.25, -0.2) is 0 Å². The highest BCUT2D eigenvalue weighted by Crippen LogP contribution is 2.18. The minimum absolute atomic E-state index is 0.171. The van der Waals surface area contributed by atoms with Crippen LogP contribution in [0.25, 0.3) is 5.52 Å². The quantitative estimate of drug-likeness (QED) is 0.752. The number of rotatable bonds is 5. The first-order chi connectivity index (χ1) is 12.7. The van der Waals surface area contributed by atoms with Crippen LogP contribution in [-0.4, -0.2) is 45.5 Å². The van der Waals surface area contributed by atoms with Crippen molar-refractivity contribution in [3.8, 4) is 6.01 Å². The van der Waals surface area contributed by atoms with E-state index in [1.807, 2.05) is 34.9 Å². The number of hydrogen-bond acceptors (Lipinski definition) is 6. The van der Waals surface area contributed by atoms with Crippen molar-refractivity contribution >= 4 is 17.4 Å². The Morgan fingerprint density at radius 1 is 1.23 bits per heavy atom. The fourth-order valence-corrected chi connectivity index (χ4v) is 3.06. The van der Waals surface area contributed by atoms with Crippen LogP contribution < -0.4 is 15.0 Å². The second kappa shape index (κ2) is 6.99. The number of ether oxygens (including phenoxy) is 1. The first-order valence-electron chi connectivity index (χ1n) is 8.62. The number of amides is 1. The molecule has 26 heavy (non-hydrogen) atoms. The van der Waals surface area contributed by atoms with Crippen LogP contribution >= 0.6 is 0 Å². The van der Waals surface area contributed by atoms with Gasteiger partial charge in [-0.05, 0) is 31.0 Å². The Morgan fingerprint density at radius 2 is 2.08 bits per heavy atom. The molecule has 8 nitrogen and oxygen atoms in total. The molecule has 0 aromatic carbocycles. The second-order valence-corrected chi connectivity index (χ2v) is 6.18. The third kappa shape index (κ3) is 3.30. The van der Waals surface area contributed by atoms with Crippen molar-refractivity contribution in [3.63, 3.8) is 0 Å². The molecular formula is C18H20N6O2. The van der Waals surface area contributed by atoms with E-state index in [0.29, 0.717) is 17.3 Å². The maximum atomic E-state index is 12.4. The third-order valence-electron chi connectivity index (χ3n) is 4.39. The number of anilines is 1. The Balaban J connectivity index is 1.49. The van der Waals surface area contributed by atoms with Crippen molar-refractivity contribution in [2.75, 3.05) is 25.1 Å². The molecule has 0 saturated carbocycles. The predicted octanol–water partition coefficient (Wildman–Crippen LogP) is 1.66. The Kier molecular flexibility index (Phi) is 4.39. The summed E-state index contributed by atoms with van der Waals surface area (Å²) in [6, 6.07) is 7.93. The first kappa shape index (κ1) is 16.3. The molecule has 1 aliphatic heterocycles. The summed E-state index contributed by atoms with van der Waals surface area (Å²) < 4.78 is 7.09. The van der Waals surface area contributed by atoms with Gasteiger partial charge in [-0.3, -0.25) is 4.79 Å². The summed E-state index contributed by atoms with van der Waals surface area (Å²) in [4.78, 5) is 27.6. The predicted molar refractivity (Wildman–Crippen MR) is 96.4 cm³/mol. The van der Waals surface area contributed by atoms with Crippen molar-refractivity contribution in [1.29, 1.82) is 0 Å². The van der Waals surface area contributed by atoms with Gasteiger partial charge in [0.25, 0.3) is 5.91 Å². The molecule has 134 valence electrons. The van der Waals surface area contributed by atoms with Crippen molar-refractivity contribution in [2.45, 2.75) is 19.4 Å². The molecule has 1 aliphatic rings. The zero-order valence-electron chi connectivity index (χ0n) is 14.6. The van der Waals surface area contributed by atoms with Crippen molar-refractivity contribution in [3.05, 3.63) is 48.0 Å². The van der Waals surface area contributed by atoms with E-state index in [4.69, 9.17) is 4.74 Å². The van der Waals surface area contributed by atoms with Crippen LogP contribution in [-0.2, 0) is 6.54 Å². The van der Waals surface area contributed by atoms with Crippen molar-refractivity contribution < 1.29 is 9.53 Å². The highest BCUT2D eigenvalue weighted by atomic mass is 16.5. The molecule has 4 heterocycles. The van der Waals surface area contributed by atoms with Gasteiger partial charge in [0.05, 0.1) is 19.2 Å². The number of methoxy groups -OCH3 is 1. The average molecular weight is 352 g/mol. The molecule has 3 aromatic rings. The molecule has 1 saturated heterocycles.